The van der Waals surface area contributed by atoms with Crippen LogP contribution in [0.2, 0.25) is 0 Å². The number of esters is 1. The molecule has 3 heterocycles. The molecule has 37 heavy (non-hydrogen) atoms. The first-order valence-corrected chi connectivity index (χ1v) is 11.9. The van der Waals surface area contributed by atoms with Gasteiger partial charge in [0.2, 0.25) is 0 Å². The highest BCUT2D eigenvalue weighted by Crippen LogP contribution is 2.30. The molecule has 1 fully saturated rings. The van der Waals surface area contributed by atoms with Gasteiger partial charge in [-0.2, -0.15) is 5.10 Å². The van der Waals surface area contributed by atoms with Gasteiger partial charge in [0.25, 0.3) is 11.8 Å². The first-order chi connectivity index (χ1) is 17.7. The Morgan fingerprint density at radius 1 is 0.973 bits per heavy atom. The van der Waals surface area contributed by atoms with Gasteiger partial charge >= 0.3 is 5.97 Å². The number of fused-ring (bicyclic) bond motifs is 1. The normalized spacial score (nSPS) is 15.1. The summed E-state index contributed by atoms with van der Waals surface area (Å²) >= 11 is 0. The predicted molar refractivity (Wildman–Crippen MR) is 130 cm³/mol. The maximum atomic E-state index is 13.6. The fourth-order valence-electron chi connectivity index (χ4n) is 4.26. The molecule has 190 valence electrons. The smallest absolute Gasteiger partial charge is 0.358 e. The van der Waals surface area contributed by atoms with E-state index in [9.17, 15) is 22.8 Å². The second-order valence-corrected chi connectivity index (χ2v) is 8.78. The zero-order valence-electron chi connectivity index (χ0n) is 20.0. The van der Waals surface area contributed by atoms with Crippen LogP contribution in [0.15, 0.2) is 60.7 Å². The zero-order chi connectivity index (χ0) is 26.2. The fraction of sp³-hybridized carbons (Fsp3) is 0.259. The van der Waals surface area contributed by atoms with Crippen molar-refractivity contribution in [3.63, 3.8) is 0 Å². The zero-order valence-corrected chi connectivity index (χ0v) is 20.0. The Morgan fingerprint density at radius 2 is 1.62 bits per heavy atom. The van der Waals surface area contributed by atoms with E-state index in [0.717, 1.165) is 0 Å². The number of aromatic nitrogens is 3. The van der Waals surface area contributed by atoms with Crippen LogP contribution in [0.5, 0.6) is 0 Å². The van der Waals surface area contributed by atoms with Crippen molar-refractivity contribution < 1.29 is 27.5 Å². The van der Waals surface area contributed by atoms with Crippen molar-refractivity contribution in [2.45, 2.75) is 25.7 Å². The SMILES string of the molecule is CCOC(=O)c1cc2nc(-c3ccc(C(=O)N4CCC(F)(F)CC4)cc3)cc(-c3ccc(F)cc3)n2n1. The van der Waals surface area contributed by atoms with Gasteiger partial charge in [0.05, 0.1) is 18.0 Å². The lowest BCUT2D eigenvalue weighted by atomic mass is 10.0. The van der Waals surface area contributed by atoms with Crippen LogP contribution in [0.4, 0.5) is 13.2 Å². The van der Waals surface area contributed by atoms with Crippen LogP contribution in [0.3, 0.4) is 0 Å². The van der Waals surface area contributed by atoms with E-state index < -0.39 is 11.9 Å². The lowest BCUT2D eigenvalue weighted by Gasteiger charge is -2.31. The quantitative estimate of drug-likeness (QED) is 0.344. The predicted octanol–water partition coefficient (Wildman–Crippen LogP) is 5.25. The van der Waals surface area contributed by atoms with Crippen molar-refractivity contribution in [1.82, 2.24) is 19.5 Å². The molecule has 0 spiro atoms. The Bertz CT molecular complexity index is 1460. The topological polar surface area (TPSA) is 76.8 Å². The third-order valence-corrected chi connectivity index (χ3v) is 6.26. The molecule has 0 unspecified atom stereocenters. The minimum atomic E-state index is -2.73. The van der Waals surface area contributed by atoms with Gasteiger partial charge in [0.1, 0.15) is 5.82 Å². The highest BCUT2D eigenvalue weighted by atomic mass is 19.3. The molecule has 2 aromatic carbocycles. The number of amides is 1. The number of hydrogen-bond donors (Lipinski definition) is 0. The second-order valence-electron chi connectivity index (χ2n) is 8.78. The summed E-state index contributed by atoms with van der Waals surface area (Å²) in [6.45, 7) is 1.91. The molecule has 0 aliphatic carbocycles. The number of halogens is 3. The standard InChI is InChI=1S/C27H23F3N4O3/c1-2-37-26(36)22-16-24-31-21(15-23(34(24)32-22)18-7-9-20(28)10-8-18)17-3-5-19(6-4-17)25(35)33-13-11-27(29,30)12-14-33/h3-10,15-16H,2,11-14H2,1H3. The Hall–Kier alpha value is -4.21. The number of likely N-dealkylation sites (tertiary alicyclic amines) is 1. The number of ether oxygens (including phenoxy) is 1. The number of rotatable bonds is 5. The van der Waals surface area contributed by atoms with Crippen molar-refractivity contribution in [2.75, 3.05) is 19.7 Å². The van der Waals surface area contributed by atoms with Crippen molar-refractivity contribution in [2.24, 2.45) is 0 Å². The third kappa shape index (κ3) is 5.04. The van der Waals surface area contributed by atoms with Gasteiger partial charge in [-0.05, 0) is 49.4 Å². The fourth-order valence-corrected chi connectivity index (χ4v) is 4.26. The minimum absolute atomic E-state index is 0.0108. The van der Waals surface area contributed by atoms with Crippen LogP contribution in [-0.2, 0) is 4.74 Å². The molecule has 0 atom stereocenters. The molecule has 5 rings (SSSR count). The van der Waals surface area contributed by atoms with Gasteiger partial charge in [0, 0.05) is 48.7 Å². The van der Waals surface area contributed by atoms with Gasteiger partial charge < -0.3 is 9.64 Å². The summed E-state index contributed by atoms with van der Waals surface area (Å²) in [5, 5.41) is 4.35. The van der Waals surface area contributed by atoms with Gasteiger partial charge in [-0.1, -0.05) is 12.1 Å². The highest BCUT2D eigenvalue weighted by Gasteiger charge is 2.35. The summed E-state index contributed by atoms with van der Waals surface area (Å²) in [6.07, 6.45) is -0.682. The van der Waals surface area contributed by atoms with E-state index in [1.165, 1.54) is 27.6 Å². The summed E-state index contributed by atoms with van der Waals surface area (Å²) in [7, 11) is 0. The van der Waals surface area contributed by atoms with E-state index in [1.54, 1.807) is 49.4 Å². The highest BCUT2D eigenvalue weighted by molar-refractivity contribution is 5.95. The van der Waals surface area contributed by atoms with Gasteiger partial charge in [-0.15, -0.1) is 0 Å². The summed E-state index contributed by atoms with van der Waals surface area (Å²) in [4.78, 5) is 31.1. The third-order valence-electron chi connectivity index (χ3n) is 6.26. The first-order valence-electron chi connectivity index (χ1n) is 11.9. The second kappa shape index (κ2) is 9.68. The van der Waals surface area contributed by atoms with E-state index in [1.807, 2.05) is 0 Å². The van der Waals surface area contributed by atoms with Crippen LogP contribution in [0.1, 0.15) is 40.6 Å². The Morgan fingerprint density at radius 3 is 2.27 bits per heavy atom. The molecule has 7 nitrogen and oxygen atoms in total. The number of alkyl halides is 2. The monoisotopic (exact) mass is 508 g/mol. The summed E-state index contributed by atoms with van der Waals surface area (Å²) in [5.74, 6) is -4.00. The number of piperidine rings is 1. The molecule has 1 amide bonds. The lowest BCUT2D eigenvalue weighted by molar-refractivity contribution is -0.0494. The summed E-state index contributed by atoms with van der Waals surface area (Å²) in [5.41, 5.74) is 3.32. The molecule has 1 saturated heterocycles. The number of benzene rings is 2. The van der Waals surface area contributed by atoms with Gasteiger partial charge in [0.15, 0.2) is 11.3 Å². The molecule has 1 aliphatic heterocycles. The maximum Gasteiger partial charge on any atom is 0.358 e. The van der Waals surface area contributed by atoms with E-state index in [2.05, 4.69) is 10.1 Å². The average molecular weight is 509 g/mol. The van der Waals surface area contributed by atoms with Crippen molar-refractivity contribution in [3.8, 4) is 22.5 Å². The summed E-state index contributed by atoms with van der Waals surface area (Å²) in [6, 6.07) is 15.8. The van der Waals surface area contributed by atoms with Gasteiger partial charge in [-0.3, -0.25) is 4.79 Å². The molecule has 0 bridgehead atoms. The molecule has 1 aliphatic rings. The molecular formula is C27H23F3N4O3. The molecule has 0 N–H and O–H groups in total. The van der Waals surface area contributed by atoms with E-state index in [-0.39, 0.29) is 50.0 Å². The van der Waals surface area contributed by atoms with E-state index >= 15 is 0 Å². The van der Waals surface area contributed by atoms with Crippen molar-refractivity contribution in [1.29, 1.82) is 0 Å². The molecule has 10 heteroatoms. The van der Waals surface area contributed by atoms with Crippen molar-refractivity contribution in [3.05, 3.63) is 77.7 Å². The summed E-state index contributed by atoms with van der Waals surface area (Å²) < 4.78 is 47.0. The van der Waals surface area contributed by atoms with Crippen LogP contribution >= 0.6 is 0 Å². The van der Waals surface area contributed by atoms with Crippen LogP contribution in [0, 0.1) is 5.82 Å². The van der Waals surface area contributed by atoms with Crippen LogP contribution < -0.4 is 0 Å². The lowest BCUT2D eigenvalue weighted by Crippen LogP contribution is -2.42. The molecule has 0 radical (unpaired) electrons. The van der Waals surface area contributed by atoms with Gasteiger partial charge in [-0.25, -0.2) is 27.5 Å². The Balaban J connectivity index is 1.50. The number of carbonyl (C=O) groups excluding carboxylic acids is 2. The minimum Gasteiger partial charge on any atom is -0.461 e. The first kappa shape index (κ1) is 24.5. The molecule has 4 aromatic rings. The number of nitrogens with zero attached hydrogens (tertiary/aromatic N) is 4. The van der Waals surface area contributed by atoms with Crippen LogP contribution in [0.25, 0.3) is 28.2 Å². The largest absolute Gasteiger partial charge is 0.461 e. The molecule has 2 aromatic heterocycles. The van der Waals surface area contributed by atoms with Crippen LogP contribution in [-0.4, -0.2) is 57.0 Å². The van der Waals surface area contributed by atoms with E-state index in [4.69, 9.17) is 4.74 Å². The number of carbonyl (C=O) groups is 2. The molecular weight excluding hydrogens is 485 g/mol. The Labute approximate surface area is 210 Å². The van der Waals surface area contributed by atoms with E-state index in [0.29, 0.717) is 33.7 Å². The molecule has 0 saturated carbocycles. The Kier molecular flexibility index (Phi) is 6.41. The number of hydrogen-bond acceptors (Lipinski definition) is 5. The maximum absolute atomic E-state index is 13.6. The average Bonchev–Trinajstić information content (AvgIpc) is 3.33. The van der Waals surface area contributed by atoms with Crippen molar-refractivity contribution >= 4 is 17.5 Å².